The van der Waals surface area contributed by atoms with Gasteiger partial charge in [0.15, 0.2) is 0 Å². The van der Waals surface area contributed by atoms with E-state index in [0.717, 1.165) is 12.2 Å². The maximum absolute atomic E-state index is 10.1. The van der Waals surface area contributed by atoms with Crippen LogP contribution >= 0.6 is 0 Å². The van der Waals surface area contributed by atoms with Gasteiger partial charge in [-0.15, -0.1) is 0 Å². The van der Waals surface area contributed by atoms with E-state index >= 15 is 0 Å². The first-order valence-corrected chi connectivity index (χ1v) is 10.8. The SMILES string of the molecule is CCCCCCCCc1ccc(OCCOCCOCCOS(=O)[O-])cc1. The minimum absolute atomic E-state index is 0.0219. The second-order valence-electron chi connectivity index (χ2n) is 6.26. The third-order valence-electron chi connectivity index (χ3n) is 4.02. The van der Waals surface area contributed by atoms with Crippen LogP contribution in [0.15, 0.2) is 24.3 Å². The van der Waals surface area contributed by atoms with E-state index in [9.17, 15) is 8.76 Å². The monoisotopic (exact) mass is 401 g/mol. The minimum atomic E-state index is -2.48. The quantitative estimate of drug-likeness (QED) is 0.275. The topological polar surface area (TPSA) is 77.0 Å². The molecule has 27 heavy (non-hydrogen) atoms. The lowest BCUT2D eigenvalue weighted by Gasteiger charge is -2.09. The summed E-state index contributed by atoms with van der Waals surface area (Å²) in [6, 6.07) is 8.28. The second-order valence-corrected chi connectivity index (χ2v) is 6.90. The molecule has 1 atom stereocenters. The van der Waals surface area contributed by atoms with E-state index in [0.29, 0.717) is 26.4 Å². The zero-order valence-corrected chi connectivity index (χ0v) is 17.2. The third kappa shape index (κ3) is 14.7. The normalized spacial score (nSPS) is 12.2. The molecule has 1 aromatic rings. The predicted molar refractivity (Wildman–Crippen MR) is 106 cm³/mol. The van der Waals surface area contributed by atoms with Crippen molar-refractivity contribution in [2.24, 2.45) is 0 Å². The van der Waals surface area contributed by atoms with Crippen molar-refractivity contribution in [2.75, 3.05) is 39.6 Å². The third-order valence-corrected chi connectivity index (χ3v) is 4.38. The fraction of sp³-hybridized carbons (Fsp3) is 0.700. The molecule has 0 spiro atoms. The standard InChI is InChI=1S/C20H34O6S/c1-2-3-4-5-6-7-8-19-9-11-20(12-10-19)25-17-15-23-13-14-24-16-18-26-27(21)22/h9-12H,2-8,13-18H2,1H3,(H,21,22)/p-1. The average molecular weight is 402 g/mol. The zero-order valence-electron chi connectivity index (χ0n) is 16.4. The van der Waals surface area contributed by atoms with Crippen molar-refractivity contribution >= 4 is 11.4 Å². The van der Waals surface area contributed by atoms with Crippen LogP contribution in [0.1, 0.15) is 51.0 Å². The second kappa shape index (κ2) is 17.1. The molecule has 0 saturated carbocycles. The fourth-order valence-corrected chi connectivity index (χ4v) is 2.77. The van der Waals surface area contributed by atoms with Crippen LogP contribution in [0.25, 0.3) is 0 Å². The van der Waals surface area contributed by atoms with E-state index in [-0.39, 0.29) is 13.2 Å². The number of aryl methyl sites for hydroxylation is 1. The van der Waals surface area contributed by atoms with Crippen LogP contribution in [0, 0.1) is 0 Å². The van der Waals surface area contributed by atoms with Gasteiger partial charge < -0.3 is 18.8 Å². The number of hydrogen-bond acceptors (Lipinski definition) is 6. The number of hydrogen-bond donors (Lipinski definition) is 0. The lowest BCUT2D eigenvalue weighted by Crippen LogP contribution is -2.13. The highest BCUT2D eigenvalue weighted by Crippen LogP contribution is 2.15. The van der Waals surface area contributed by atoms with E-state index in [4.69, 9.17) is 14.2 Å². The van der Waals surface area contributed by atoms with Crippen LogP contribution in [0.2, 0.25) is 0 Å². The van der Waals surface area contributed by atoms with Crippen molar-refractivity contribution in [2.45, 2.75) is 51.9 Å². The van der Waals surface area contributed by atoms with Gasteiger partial charge in [0.2, 0.25) is 0 Å². The van der Waals surface area contributed by atoms with Crippen molar-refractivity contribution in [1.82, 2.24) is 0 Å². The predicted octanol–water partition coefficient (Wildman–Crippen LogP) is 3.81. The highest BCUT2D eigenvalue weighted by molar-refractivity contribution is 7.74. The molecular weight excluding hydrogens is 368 g/mol. The molecule has 0 aromatic heterocycles. The van der Waals surface area contributed by atoms with Gasteiger partial charge >= 0.3 is 0 Å². The van der Waals surface area contributed by atoms with E-state index in [1.807, 2.05) is 12.1 Å². The first-order chi connectivity index (χ1) is 13.2. The fourth-order valence-electron chi connectivity index (χ4n) is 2.56. The molecular formula is C20H33O6S-. The number of unbranched alkanes of at least 4 members (excludes halogenated alkanes) is 5. The molecule has 0 heterocycles. The Morgan fingerprint density at radius 2 is 1.41 bits per heavy atom. The molecule has 0 bridgehead atoms. The van der Waals surface area contributed by atoms with Crippen LogP contribution in [0.4, 0.5) is 0 Å². The van der Waals surface area contributed by atoms with Crippen molar-refractivity contribution in [3.8, 4) is 5.75 Å². The Kier molecular flexibility index (Phi) is 15.3. The Balaban J connectivity index is 1.96. The maximum atomic E-state index is 10.1. The van der Waals surface area contributed by atoms with Crippen molar-refractivity contribution in [1.29, 1.82) is 0 Å². The Morgan fingerprint density at radius 1 is 0.815 bits per heavy atom. The first kappa shape index (κ1) is 24.0. The number of benzene rings is 1. The zero-order chi connectivity index (χ0) is 19.6. The molecule has 0 aliphatic carbocycles. The lowest BCUT2D eigenvalue weighted by atomic mass is 10.0. The summed E-state index contributed by atoms with van der Waals surface area (Å²) in [4.78, 5) is 0. The van der Waals surface area contributed by atoms with Crippen molar-refractivity contribution < 1.29 is 27.2 Å². The molecule has 1 rings (SSSR count). The van der Waals surface area contributed by atoms with Gasteiger partial charge in [0.05, 0.1) is 44.4 Å². The summed E-state index contributed by atoms with van der Waals surface area (Å²) in [6.07, 6.45) is 9.04. The van der Waals surface area contributed by atoms with Gasteiger partial charge in [-0.2, -0.15) is 0 Å². The Hall–Kier alpha value is -0.990. The van der Waals surface area contributed by atoms with Crippen LogP contribution in [-0.4, -0.2) is 48.4 Å². The summed E-state index contributed by atoms with van der Waals surface area (Å²) in [6.45, 7) is 4.27. The number of rotatable bonds is 18. The van der Waals surface area contributed by atoms with E-state index in [1.165, 1.54) is 44.1 Å². The van der Waals surface area contributed by atoms with Crippen molar-refractivity contribution in [3.05, 3.63) is 29.8 Å². The molecule has 0 amide bonds. The van der Waals surface area contributed by atoms with Gasteiger partial charge in [-0.05, 0) is 30.5 Å². The summed E-state index contributed by atoms with van der Waals surface area (Å²) in [5.41, 5.74) is 1.36. The minimum Gasteiger partial charge on any atom is -0.750 e. The summed E-state index contributed by atoms with van der Waals surface area (Å²) in [7, 11) is 0. The smallest absolute Gasteiger partial charge is 0.119 e. The number of ether oxygens (including phenoxy) is 3. The summed E-state index contributed by atoms with van der Waals surface area (Å²) >= 11 is -2.48. The van der Waals surface area contributed by atoms with Gasteiger partial charge in [-0.25, -0.2) is 4.21 Å². The molecule has 1 unspecified atom stereocenters. The maximum Gasteiger partial charge on any atom is 0.119 e. The summed E-state index contributed by atoms with van der Waals surface area (Å²) in [5, 5.41) is 0. The molecule has 7 heteroatoms. The highest BCUT2D eigenvalue weighted by atomic mass is 32.2. The van der Waals surface area contributed by atoms with E-state index in [1.54, 1.807) is 0 Å². The summed E-state index contributed by atoms with van der Waals surface area (Å²) < 4.78 is 40.7. The molecule has 156 valence electrons. The summed E-state index contributed by atoms with van der Waals surface area (Å²) in [5.74, 6) is 0.851. The van der Waals surface area contributed by atoms with Gasteiger partial charge in [0.1, 0.15) is 12.4 Å². The van der Waals surface area contributed by atoms with Crippen LogP contribution < -0.4 is 4.74 Å². The average Bonchev–Trinajstić information content (AvgIpc) is 2.67. The van der Waals surface area contributed by atoms with E-state index in [2.05, 4.69) is 23.2 Å². The largest absolute Gasteiger partial charge is 0.750 e. The molecule has 6 nitrogen and oxygen atoms in total. The molecule has 0 aliphatic rings. The first-order valence-electron chi connectivity index (χ1n) is 9.82. The Morgan fingerprint density at radius 3 is 2.07 bits per heavy atom. The van der Waals surface area contributed by atoms with Gasteiger partial charge in [-0.1, -0.05) is 51.2 Å². The molecule has 0 radical (unpaired) electrons. The van der Waals surface area contributed by atoms with Crippen LogP contribution in [-0.2, 0) is 31.4 Å². The van der Waals surface area contributed by atoms with Gasteiger partial charge in [-0.3, -0.25) is 4.18 Å². The van der Waals surface area contributed by atoms with Crippen LogP contribution in [0.5, 0.6) is 5.75 Å². The van der Waals surface area contributed by atoms with E-state index < -0.39 is 11.4 Å². The van der Waals surface area contributed by atoms with Gasteiger partial charge in [0.25, 0.3) is 0 Å². The highest BCUT2D eigenvalue weighted by Gasteiger charge is 1.98. The van der Waals surface area contributed by atoms with Gasteiger partial charge in [0, 0.05) is 0 Å². The molecule has 0 saturated heterocycles. The van der Waals surface area contributed by atoms with Crippen molar-refractivity contribution in [3.63, 3.8) is 0 Å². The molecule has 0 fully saturated rings. The molecule has 0 N–H and O–H groups in total. The molecule has 0 aliphatic heterocycles. The van der Waals surface area contributed by atoms with Crippen LogP contribution in [0.3, 0.4) is 0 Å². The molecule has 1 aromatic carbocycles. The Labute approximate surface area is 166 Å². The lowest BCUT2D eigenvalue weighted by molar-refractivity contribution is 0.0277. The Bertz CT molecular complexity index is 480.